The van der Waals surface area contributed by atoms with Crippen molar-refractivity contribution in [1.82, 2.24) is 25.8 Å². The van der Waals surface area contributed by atoms with Crippen molar-refractivity contribution in [3.8, 4) is 0 Å². The molecule has 2 unspecified atom stereocenters. The van der Waals surface area contributed by atoms with Crippen molar-refractivity contribution in [3.63, 3.8) is 0 Å². The number of carbonyl (C=O) groups excluding carboxylic acids is 1. The van der Waals surface area contributed by atoms with E-state index in [4.69, 9.17) is 0 Å². The summed E-state index contributed by atoms with van der Waals surface area (Å²) in [4.78, 5) is 23.9. The Balaban J connectivity index is 1.37. The van der Waals surface area contributed by atoms with Crippen LogP contribution < -0.4 is 16.0 Å². The first-order valence-electron chi connectivity index (χ1n) is 11.8. The van der Waals surface area contributed by atoms with Gasteiger partial charge in [0.1, 0.15) is 0 Å². The number of likely N-dealkylation sites (tertiary alicyclic amines) is 1. The molecule has 1 aromatic rings. The first-order chi connectivity index (χ1) is 14.9. The number of aryl methyl sites for hydroxylation is 1. The number of nitrogens with one attached hydrogen (secondary N) is 3. The van der Waals surface area contributed by atoms with Crippen LogP contribution in [0.1, 0.15) is 63.1 Å². The number of nitrogens with zero attached hydrogens (tertiary/aromatic N) is 3. The van der Waals surface area contributed by atoms with Crippen LogP contribution in [0.25, 0.3) is 0 Å². The van der Waals surface area contributed by atoms with Gasteiger partial charge in [-0.05, 0) is 71.9 Å². The normalized spacial score (nSPS) is 23.7. The number of carbonyl (C=O) groups is 1. The van der Waals surface area contributed by atoms with Gasteiger partial charge < -0.3 is 16.0 Å². The molecule has 7 nitrogen and oxygen atoms in total. The highest BCUT2D eigenvalue weighted by atomic mass is 32.1. The number of amides is 1. The fourth-order valence-electron chi connectivity index (χ4n) is 4.65. The maximum absolute atomic E-state index is 12.4. The van der Waals surface area contributed by atoms with E-state index in [0.717, 1.165) is 62.8 Å². The van der Waals surface area contributed by atoms with E-state index in [1.165, 1.54) is 18.5 Å². The number of guanidine groups is 1. The lowest BCUT2D eigenvalue weighted by Crippen LogP contribution is -2.49. The minimum atomic E-state index is 0.109. The van der Waals surface area contributed by atoms with Crippen LogP contribution in [0.2, 0.25) is 0 Å². The molecule has 1 aliphatic heterocycles. The highest BCUT2D eigenvalue weighted by Crippen LogP contribution is 2.25. The van der Waals surface area contributed by atoms with Gasteiger partial charge in [-0.1, -0.05) is 6.42 Å². The highest BCUT2D eigenvalue weighted by Gasteiger charge is 2.28. The zero-order valence-electron chi connectivity index (χ0n) is 19.6. The van der Waals surface area contributed by atoms with Gasteiger partial charge in [-0.15, -0.1) is 11.3 Å². The van der Waals surface area contributed by atoms with Crippen LogP contribution in [0.3, 0.4) is 0 Å². The molecule has 0 radical (unpaired) electrons. The summed E-state index contributed by atoms with van der Waals surface area (Å²) in [5.41, 5.74) is 1.21. The van der Waals surface area contributed by atoms with Crippen LogP contribution in [0.4, 0.5) is 0 Å². The standard InChI is InChI=1S/C23H40N6OS/c1-16(2)26-22(30)19-6-5-7-20(12-19)28-23(24-4)25-13-18-8-10-29(11-9-18)14-21-15-31-17(3)27-21/h15-16,18-20H,5-14H2,1-4H3,(H,26,30)(H2,24,25,28). The Hall–Kier alpha value is -1.67. The van der Waals surface area contributed by atoms with Gasteiger partial charge in [0.25, 0.3) is 0 Å². The van der Waals surface area contributed by atoms with E-state index >= 15 is 0 Å². The van der Waals surface area contributed by atoms with E-state index in [1.807, 2.05) is 20.9 Å². The predicted octanol–water partition coefficient (Wildman–Crippen LogP) is 2.91. The molecule has 8 heteroatoms. The number of piperidine rings is 1. The van der Waals surface area contributed by atoms with E-state index in [2.05, 4.69) is 43.1 Å². The number of aliphatic imine (C=N–C) groups is 1. The molecule has 31 heavy (non-hydrogen) atoms. The molecule has 2 heterocycles. The van der Waals surface area contributed by atoms with Crippen molar-refractivity contribution in [2.45, 2.75) is 77.9 Å². The van der Waals surface area contributed by atoms with E-state index in [0.29, 0.717) is 12.0 Å². The number of rotatable bonds is 7. The van der Waals surface area contributed by atoms with Gasteiger partial charge >= 0.3 is 0 Å². The fraction of sp³-hybridized carbons (Fsp3) is 0.783. The van der Waals surface area contributed by atoms with Crippen molar-refractivity contribution >= 4 is 23.2 Å². The molecule has 1 aliphatic carbocycles. The van der Waals surface area contributed by atoms with Gasteiger partial charge in [0.05, 0.1) is 10.7 Å². The molecule has 1 amide bonds. The Bertz CT molecular complexity index is 725. The molecule has 3 rings (SSSR count). The second-order valence-corrected chi connectivity index (χ2v) is 10.5. The molecule has 174 valence electrons. The van der Waals surface area contributed by atoms with Crippen molar-refractivity contribution in [3.05, 3.63) is 16.1 Å². The highest BCUT2D eigenvalue weighted by molar-refractivity contribution is 7.09. The average Bonchev–Trinajstić information content (AvgIpc) is 3.16. The van der Waals surface area contributed by atoms with Crippen LogP contribution in [0.15, 0.2) is 10.4 Å². The summed E-state index contributed by atoms with van der Waals surface area (Å²) < 4.78 is 0. The zero-order valence-corrected chi connectivity index (χ0v) is 20.4. The van der Waals surface area contributed by atoms with E-state index < -0.39 is 0 Å². The van der Waals surface area contributed by atoms with Crippen molar-refractivity contribution < 1.29 is 4.79 Å². The second kappa shape index (κ2) is 11.8. The van der Waals surface area contributed by atoms with E-state index in [9.17, 15) is 4.79 Å². The van der Waals surface area contributed by atoms with Gasteiger partial charge in [-0.3, -0.25) is 14.7 Å². The largest absolute Gasteiger partial charge is 0.356 e. The molecular formula is C23H40N6OS. The zero-order chi connectivity index (χ0) is 22.2. The van der Waals surface area contributed by atoms with Gasteiger partial charge in [-0.25, -0.2) is 4.98 Å². The maximum atomic E-state index is 12.4. The smallest absolute Gasteiger partial charge is 0.223 e. The van der Waals surface area contributed by atoms with Crippen molar-refractivity contribution in [2.75, 3.05) is 26.7 Å². The summed E-state index contributed by atoms with van der Waals surface area (Å²) in [6.07, 6.45) is 6.46. The number of hydrogen-bond acceptors (Lipinski definition) is 5. The second-order valence-electron chi connectivity index (χ2n) is 9.40. The molecule has 1 aromatic heterocycles. The SMILES string of the molecule is CN=C(NCC1CCN(Cc2csc(C)n2)CC1)NC1CCCC(C(=O)NC(C)C)C1. The first kappa shape index (κ1) is 24.0. The Morgan fingerprint density at radius 3 is 2.71 bits per heavy atom. The minimum absolute atomic E-state index is 0.109. The lowest BCUT2D eigenvalue weighted by molar-refractivity contribution is -0.126. The minimum Gasteiger partial charge on any atom is -0.356 e. The molecule has 1 saturated heterocycles. The molecule has 0 aromatic carbocycles. The van der Waals surface area contributed by atoms with Crippen LogP contribution in [-0.2, 0) is 11.3 Å². The van der Waals surface area contributed by atoms with Crippen molar-refractivity contribution in [1.29, 1.82) is 0 Å². The van der Waals surface area contributed by atoms with Crippen LogP contribution >= 0.6 is 11.3 Å². The molecule has 0 bridgehead atoms. The average molecular weight is 449 g/mol. The lowest BCUT2D eigenvalue weighted by Gasteiger charge is -2.33. The van der Waals surface area contributed by atoms with Gasteiger partial charge in [0.2, 0.25) is 5.91 Å². The molecule has 2 fully saturated rings. The summed E-state index contributed by atoms with van der Waals surface area (Å²) >= 11 is 1.74. The number of aromatic nitrogens is 1. The van der Waals surface area contributed by atoms with Crippen LogP contribution in [0, 0.1) is 18.8 Å². The van der Waals surface area contributed by atoms with Crippen molar-refractivity contribution in [2.24, 2.45) is 16.8 Å². The first-order valence-corrected chi connectivity index (χ1v) is 12.7. The van der Waals surface area contributed by atoms with E-state index in [-0.39, 0.29) is 17.9 Å². The van der Waals surface area contributed by atoms with Gasteiger partial charge in [0, 0.05) is 43.5 Å². The molecule has 1 saturated carbocycles. The summed E-state index contributed by atoms with van der Waals surface area (Å²) in [5.74, 6) is 1.85. The Morgan fingerprint density at radius 1 is 1.29 bits per heavy atom. The summed E-state index contributed by atoms with van der Waals surface area (Å²) in [7, 11) is 1.83. The van der Waals surface area contributed by atoms with Gasteiger partial charge in [0.15, 0.2) is 5.96 Å². The molecule has 2 aliphatic rings. The Morgan fingerprint density at radius 2 is 2.06 bits per heavy atom. The quantitative estimate of drug-likeness (QED) is 0.441. The molecular weight excluding hydrogens is 408 g/mol. The van der Waals surface area contributed by atoms with Crippen LogP contribution in [0.5, 0.6) is 0 Å². The van der Waals surface area contributed by atoms with E-state index in [1.54, 1.807) is 11.3 Å². The lowest BCUT2D eigenvalue weighted by atomic mass is 9.85. The summed E-state index contributed by atoms with van der Waals surface area (Å²) in [6, 6.07) is 0.513. The molecule has 2 atom stereocenters. The molecule has 0 spiro atoms. The molecule has 3 N–H and O–H groups in total. The van der Waals surface area contributed by atoms with Gasteiger partial charge in [-0.2, -0.15) is 0 Å². The monoisotopic (exact) mass is 448 g/mol. The predicted molar refractivity (Wildman–Crippen MR) is 128 cm³/mol. The third kappa shape index (κ3) is 7.75. The number of thiazole rings is 1. The Kier molecular flexibility index (Phi) is 9.14. The third-order valence-corrected chi connectivity index (χ3v) is 7.18. The topological polar surface area (TPSA) is 81.7 Å². The third-order valence-electron chi connectivity index (χ3n) is 6.36. The maximum Gasteiger partial charge on any atom is 0.223 e. The van der Waals surface area contributed by atoms with Crippen LogP contribution in [-0.4, -0.2) is 60.5 Å². The Labute approximate surface area is 191 Å². The number of hydrogen-bond donors (Lipinski definition) is 3. The summed E-state index contributed by atoms with van der Waals surface area (Å²) in [5, 5.41) is 13.5. The summed E-state index contributed by atoms with van der Waals surface area (Å²) in [6.45, 7) is 10.3. The fourth-order valence-corrected chi connectivity index (χ4v) is 5.25.